The minimum Gasteiger partial charge on any atom is -0.303 e. The highest BCUT2D eigenvalue weighted by atomic mass is 19.1. The van der Waals surface area contributed by atoms with E-state index < -0.39 is 0 Å². The van der Waals surface area contributed by atoms with Gasteiger partial charge in [0, 0.05) is 5.41 Å². The molecule has 1 unspecified atom stereocenters. The molecule has 0 saturated heterocycles. The Kier molecular flexibility index (Phi) is 6.04. The monoisotopic (exact) mass is 282 g/mol. The summed E-state index contributed by atoms with van der Waals surface area (Å²) in [4.78, 5) is 11.8. The molecule has 2 rings (SSSR count). The first-order valence-corrected chi connectivity index (χ1v) is 8.73. The molecule has 0 N–H and O–H groups in total. The second kappa shape index (κ2) is 7.56. The van der Waals surface area contributed by atoms with Gasteiger partial charge in [-0.15, -0.1) is 0 Å². The van der Waals surface area contributed by atoms with Crippen molar-refractivity contribution in [1.82, 2.24) is 0 Å². The van der Waals surface area contributed by atoms with Crippen molar-refractivity contribution in [2.45, 2.75) is 77.6 Å². The Morgan fingerprint density at radius 3 is 2.15 bits per heavy atom. The molecular formula is C18H31FO. The summed E-state index contributed by atoms with van der Waals surface area (Å²) in [5.41, 5.74) is -0.0918. The summed E-state index contributed by atoms with van der Waals surface area (Å²) in [6.07, 6.45) is 14.3. The van der Waals surface area contributed by atoms with E-state index in [4.69, 9.17) is 0 Å². The molecule has 2 fully saturated rings. The minimum absolute atomic E-state index is 0.0918. The summed E-state index contributed by atoms with van der Waals surface area (Å²) in [7, 11) is 0. The van der Waals surface area contributed by atoms with E-state index in [2.05, 4.69) is 6.92 Å². The molecule has 0 amide bonds. The van der Waals surface area contributed by atoms with Gasteiger partial charge in [0.25, 0.3) is 0 Å². The number of carbonyl (C=O) groups is 1. The van der Waals surface area contributed by atoms with Gasteiger partial charge >= 0.3 is 0 Å². The van der Waals surface area contributed by atoms with Crippen LogP contribution < -0.4 is 0 Å². The van der Waals surface area contributed by atoms with Crippen LogP contribution in [0.4, 0.5) is 4.39 Å². The average Bonchev–Trinajstić information content (AvgIpc) is 2.53. The molecular weight excluding hydrogens is 251 g/mol. The Morgan fingerprint density at radius 1 is 1.00 bits per heavy atom. The lowest BCUT2D eigenvalue weighted by Gasteiger charge is -2.44. The van der Waals surface area contributed by atoms with Crippen LogP contribution in [0.2, 0.25) is 0 Å². The highest BCUT2D eigenvalue weighted by Crippen LogP contribution is 2.48. The zero-order valence-electron chi connectivity index (χ0n) is 13.1. The molecule has 0 bridgehead atoms. The fourth-order valence-electron chi connectivity index (χ4n) is 4.69. The Hall–Kier alpha value is -0.400. The van der Waals surface area contributed by atoms with Crippen molar-refractivity contribution >= 4 is 6.29 Å². The van der Waals surface area contributed by atoms with E-state index in [9.17, 15) is 9.18 Å². The highest BCUT2D eigenvalue weighted by molar-refractivity contribution is 5.60. The van der Waals surface area contributed by atoms with Crippen molar-refractivity contribution in [3.63, 3.8) is 0 Å². The van der Waals surface area contributed by atoms with Crippen LogP contribution in [0.15, 0.2) is 0 Å². The molecule has 2 aliphatic carbocycles. The van der Waals surface area contributed by atoms with Crippen LogP contribution >= 0.6 is 0 Å². The summed E-state index contributed by atoms with van der Waals surface area (Å²) in [6.45, 7) is 2.05. The minimum atomic E-state index is -0.173. The maximum absolute atomic E-state index is 12.3. The molecule has 0 aliphatic heterocycles. The summed E-state index contributed by atoms with van der Waals surface area (Å²) < 4.78 is 12.3. The predicted octanol–water partition coefficient (Wildman–Crippen LogP) is 5.33. The number of rotatable bonds is 6. The van der Waals surface area contributed by atoms with Crippen LogP contribution in [0.1, 0.15) is 77.6 Å². The zero-order chi connectivity index (χ0) is 14.4. The third kappa shape index (κ3) is 3.62. The maximum Gasteiger partial charge on any atom is 0.126 e. The van der Waals surface area contributed by atoms with E-state index >= 15 is 0 Å². The maximum atomic E-state index is 12.3. The largest absolute Gasteiger partial charge is 0.303 e. The van der Waals surface area contributed by atoms with Gasteiger partial charge in [-0.2, -0.15) is 0 Å². The van der Waals surface area contributed by atoms with Crippen molar-refractivity contribution in [3.8, 4) is 0 Å². The first-order chi connectivity index (χ1) is 9.70. The molecule has 0 aromatic rings. The molecule has 0 aromatic heterocycles. The van der Waals surface area contributed by atoms with Crippen molar-refractivity contribution < 1.29 is 9.18 Å². The van der Waals surface area contributed by atoms with Gasteiger partial charge in [0.1, 0.15) is 6.29 Å². The number of carbonyl (C=O) groups excluding carboxylic acids is 1. The van der Waals surface area contributed by atoms with Crippen molar-refractivity contribution in [2.24, 2.45) is 23.2 Å². The number of alkyl halides is 1. The molecule has 2 heteroatoms. The van der Waals surface area contributed by atoms with Gasteiger partial charge in [-0.1, -0.05) is 39.0 Å². The van der Waals surface area contributed by atoms with E-state index in [0.717, 1.165) is 12.8 Å². The van der Waals surface area contributed by atoms with Crippen molar-refractivity contribution in [3.05, 3.63) is 0 Å². The van der Waals surface area contributed by atoms with Crippen LogP contribution in [0.3, 0.4) is 0 Å². The van der Waals surface area contributed by atoms with Crippen LogP contribution in [0, 0.1) is 23.2 Å². The molecule has 0 spiro atoms. The molecule has 2 aliphatic rings. The molecule has 0 radical (unpaired) electrons. The van der Waals surface area contributed by atoms with Crippen LogP contribution in [-0.4, -0.2) is 13.0 Å². The summed E-state index contributed by atoms with van der Waals surface area (Å²) in [5, 5.41) is 0. The van der Waals surface area contributed by atoms with Gasteiger partial charge in [-0.3, -0.25) is 4.39 Å². The van der Waals surface area contributed by atoms with Gasteiger partial charge in [0.2, 0.25) is 0 Å². The first kappa shape index (κ1) is 16.0. The highest BCUT2D eigenvalue weighted by Gasteiger charge is 2.42. The van der Waals surface area contributed by atoms with Crippen LogP contribution in [0.25, 0.3) is 0 Å². The second-order valence-electron chi connectivity index (χ2n) is 7.37. The Bertz CT molecular complexity index is 290. The topological polar surface area (TPSA) is 17.1 Å². The lowest BCUT2D eigenvalue weighted by atomic mass is 9.59. The smallest absolute Gasteiger partial charge is 0.126 e. The van der Waals surface area contributed by atoms with Gasteiger partial charge in [0.05, 0.1) is 6.67 Å². The fourth-order valence-corrected chi connectivity index (χ4v) is 4.69. The number of hydrogen-bond donors (Lipinski definition) is 0. The third-order valence-corrected chi connectivity index (χ3v) is 6.21. The van der Waals surface area contributed by atoms with Crippen molar-refractivity contribution in [2.75, 3.05) is 6.67 Å². The van der Waals surface area contributed by atoms with E-state index in [1.807, 2.05) is 0 Å². The van der Waals surface area contributed by atoms with Crippen molar-refractivity contribution in [1.29, 1.82) is 0 Å². The molecule has 0 heterocycles. The Morgan fingerprint density at radius 2 is 1.60 bits per heavy atom. The van der Waals surface area contributed by atoms with Gasteiger partial charge in [-0.25, -0.2) is 0 Å². The van der Waals surface area contributed by atoms with Crippen LogP contribution in [0.5, 0.6) is 0 Å². The van der Waals surface area contributed by atoms with E-state index in [1.54, 1.807) is 0 Å². The average molecular weight is 282 g/mol. The number of halogens is 1. The van der Waals surface area contributed by atoms with E-state index in [-0.39, 0.29) is 12.1 Å². The van der Waals surface area contributed by atoms with E-state index in [0.29, 0.717) is 17.8 Å². The lowest BCUT2D eigenvalue weighted by molar-refractivity contribution is -0.124. The van der Waals surface area contributed by atoms with Gasteiger partial charge < -0.3 is 4.79 Å². The molecule has 2 saturated carbocycles. The Labute approximate surface area is 123 Å². The molecule has 1 nitrogen and oxygen atoms in total. The molecule has 116 valence electrons. The zero-order valence-corrected chi connectivity index (χ0v) is 13.1. The Balaban J connectivity index is 1.90. The SMILES string of the molecule is CC(C=O)(C1CCCCC1)C1CCC(CCCF)CC1. The second-order valence-corrected chi connectivity index (χ2v) is 7.37. The fraction of sp³-hybridized carbons (Fsp3) is 0.944. The third-order valence-electron chi connectivity index (χ3n) is 6.21. The van der Waals surface area contributed by atoms with Crippen LogP contribution in [-0.2, 0) is 4.79 Å². The first-order valence-electron chi connectivity index (χ1n) is 8.73. The summed E-state index contributed by atoms with van der Waals surface area (Å²) in [6, 6.07) is 0. The molecule has 0 aromatic carbocycles. The number of hydrogen-bond acceptors (Lipinski definition) is 1. The number of aldehydes is 1. The van der Waals surface area contributed by atoms with Gasteiger partial charge in [-0.05, 0) is 56.3 Å². The predicted molar refractivity (Wildman–Crippen MR) is 81.4 cm³/mol. The quantitative estimate of drug-likeness (QED) is 0.602. The summed E-state index contributed by atoms with van der Waals surface area (Å²) in [5.74, 6) is 1.90. The van der Waals surface area contributed by atoms with E-state index in [1.165, 1.54) is 64.1 Å². The summed E-state index contributed by atoms with van der Waals surface area (Å²) >= 11 is 0. The standard InChI is InChI=1S/C18H31FO/c1-18(14-20,16-7-3-2-4-8-16)17-11-9-15(10-12-17)6-5-13-19/h14-17H,2-13H2,1H3. The molecule has 1 atom stereocenters. The lowest BCUT2D eigenvalue weighted by Crippen LogP contribution is -2.40. The van der Waals surface area contributed by atoms with Gasteiger partial charge in [0.15, 0.2) is 0 Å². The normalized spacial score (nSPS) is 31.7. The molecule has 20 heavy (non-hydrogen) atoms.